The van der Waals surface area contributed by atoms with Gasteiger partial charge in [0.1, 0.15) is 0 Å². The molecule has 0 saturated carbocycles. The minimum Gasteiger partial charge on any atom is -0.748 e. The molecule has 0 fully saturated rings. The van der Waals surface area contributed by atoms with Crippen molar-refractivity contribution in [2.45, 2.75) is 0 Å². The fourth-order valence-corrected chi connectivity index (χ4v) is 1.71. The first-order chi connectivity index (χ1) is 6.68. The van der Waals surface area contributed by atoms with Gasteiger partial charge in [-0.05, 0) is 12.9 Å². The molecule has 92 valence electrons. The first kappa shape index (κ1) is 22.4. The van der Waals surface area contributed by atoms with Crippen LogP contribution in [-0.2, 0) is 23.9 Å². The van der Waals surface area contributed by atoms with E-state index in [9.17, 15) is 21.4 Å². The molecule has 0 bridgehead atoms. The van der Waals surface area contributed by atoms with Gasteiger partial charge in [-0.3, -0.25) is 0 Å². The summed E-state index contributed by atoms with van der Waals surface area (Å²) in [5.74, 6) is -0.474. The van der Waals surface area contributed by atoms with Crippen LogP contribution in [0.25, 0.3) is 0 Å². The SMILES string of the molecule is C=CCS(=O)(=O)OS.O=S(=O)([O-])CCS.[Na+]. The zero-order valence-corrected chi connectivity index (χ0v) is 14.0. The fourth-order valence-electron chi connectivity index (χ4n) is 0.287. The molecule has 0 atom stereocenters. The number of thiol groups is 2. The molecule has 0 saturated heterocycles. The van der Waals surface area contributed by atoms with Gasteiger partial charge in [0.2, 0.25) is 0 Å². The summed E-state index contributed by atoms with van der Waals surface area (Å²) in [6.07, 6.45) is 1.23. The molecule has 0 aromatic heterocycles. The molecule has 0 aliphatic carbocycles. The van der Waals surface area contributed by atoms with Crippen molar-refractivity contribution in [1.29, 1.82) is 0 Å². The van der Waals surface area contributed by atoms with Gasteiger partial charge in [0, 0.05) is 11.5 Å². The molecule has 0 amide bonds. The van der Waals surface area contributed by atoms with Crippen LogP contribution in [0, 0.1) is 0 Å². The van der Waals surface area contributed by atoms with E-state index < -0.39 is 20.2 Å². The Morgan fingerprint density at radius 1 is 1.31 bits per heavy atom. The standard InChI is InChI=1S/C3H6O3S2.C2H6O3S2.Na/c1-2-3-8(4,5)6-7;3-7(4,5)2-1-6;/h2,7H,1,3H2;6H,1-2H2,(H,3,4,5);/q;;+1/p-1. The van der Waals surface area contributed by atoms with Gasteiger partial charge in [0.25, 0.3) is 10.1 Å². The van der Waals surface area contributed by atoms with Crippen LogP contribution in [0.1, 0.15) is 0 Å². The van der Waals surface area contributed by atoms with Crippen LogP contribution >= 0.6 is 25.5 Å². The van der Waals surface area contributed by atoms with Crippen molar-refractivity contribution in [2.24, 2.45) is 0 Å². The van der Waals surface area contributed by atoms with E-state index in [1.807, 2.05) is 0 Å². The van der Waals surface area contributed by atoms with Crippen molar-refractivity contribution in [3.8, 4) is 0 Å². The molecule has 0 N–H and O–H groups in total. The maximum atomic E-state index is 10.2. The maximum Gasteiger partial charge on any atom is 1.00 e. The molecule has 0 aliphatic heterocycles. The van der Waals surface area contributed by atoms with Crippen LogP contribution in [0.15, 0.2) is 12.7 Å². The molecule has 11 heteroatoms. The topological polar surface area (TPSA) is 101 Å². The van der Waals surface area contributed by atoms with Gasteiger partial charge in [0.05, 0.1) is 15.9 Å². The minimum atomic E-state index is -4.00. The van der Waals surface area contributed by atoms with Gasteiger partial charge in [-0.15, -0.1) is 6.58 Å². The van der Waals surface area contributed by atoms with Gasteiger partial charge < -0.3 is 4.55 Å². The predicted octanol–water partition coefficient (Wildman–Crippen LogP) is -3.17. The van der Waals surface area contributed by atoms with E-state index in [1.54, 1.807) is 0 Å². The molecule has 16 heavy (non-hydrogen) atoms. The normalized spacial score (nSPS) is 10.7. The third-order valence-electron chi connectivity index (χ3n) is 0.777. The van der Waals surface area contributed by atoms with E-state index in [-0.39, 0.29) is 46.8 Å². The third kappa shape index (κ3) is 20.6. The Morgan fingerprint density at radius 2 is 1.75 bits per heavy atom. The zero-order chi connectivity index (χ0) is 12.5. The summed E-state index contributed by atoms with van der Waals surface area (Å²) >= 11 is 6.63. The second kappa shape index (κ2) is 11.4. The molecule has 0 aromatic carbocycles. The van der Waals surface area contributed by atoms with Gasteiger partial charge in [-0.1, -0.05) is 6.08 Å². The van der Waals surface area contributed by atoms with Crippen LogP contribution in [0.3, 0.4) is 0 Å². The van der Waals surface area contributed by atoms with E-state index >= 15 is 0 Å². The Morgan fingerprint density at radius 3 is 1.81 bits per heavy atom. The van der Waals surface area contributed by atoms with E-state index in [4.69, 9.17) is 0 Å². The number of hydrogen-bond donors (Lipinski definition) is 2. The summed E-state index contributed by atoms with van der Waals surface area (Å²) in [5, 5.41) is 0. The van der Waals surface area contributed by atoms with Crippen molar-refractivity contribution in [3.05, 3.63) is 12.7 Å². The van der Waals surface area contributed by atoms with Crippen molar-refractivity contribution in [1.82, 2.24) is 0 Å². The zero-order valence-electron chi connectivity index (χ0n) is 8.57. The molecule has 0 unspecified atom stereocenters. The summed E-state index contributed by atoms with van der Waals surface area (Å²) in [7, 11) is -7.42. The average molecular weight is 318 g/mol. The summed E-state index contributed by atoms with van der Waals surface area (Å²) in [6, 6.07) is 0. The number of rotatable bonds is 5. The molecule has 0 aromatic rings. The van der Waals surface area contributed by atoms with Crippen LogP contribution in [0.5, 0.6) is 0 Å². The fraction of sp³-hybridized carbons (Fsp3) is 0.600. The van der Waals surface area contributed by atoms with Crippen LogP contribution in [-0.4, -0.2) is 38.6 Å². The largest absolute Gasteiger partial charge is 1.00 e. The first-order valence-electron chi connectivity index (χ1n) is 3.39. The second-order valence-electron chi connectivity index (χ2n) is 2.07. The molecule has 6 nitrogen and oxygen atoms in total. The first-order valence-corrected chi connectivity index (χ1v) is 7.54. The Labute approximate surface area is 129 Å². The van der Waals surface area contributed by atoms with E-state index in [0.717, 1.165) is 0 Å². The number of hydrogen-bond acceptors (Lipinski definition) is 8. The van der Waals surface area contributed by atoms with E-state index in [1.165, 1.54) is 6.08 Å². The second-order valence-corrected chi connectivity index (χ2v) is 6.09. The Bertz CT molecular complexity index is 360. The molecule has 0 radical (unpaired) electrons. The van der Waals surface area contributed by atoms with Gasteiger partial charge in [-0.2, -0.15) is 21.0 Å². The maximum absolute atomic E-state index is 10.2. The minimum absolute atomic E-state index is 0. The van der Waals surface area contributed by atoms with Crippen LogP contribution < -0.4 is 29.6 Å². The van der Waals surface area contributed by atoms with E-state index in [2.05, 4.69) is 35.7 Å². The third-order valence-corrected chi connectivity index (χ3v) is 3.56. The van der Waals surface area contributed by atoms with Gasteiger partial charge >= 0.3 is 29.6 Å². The molecule has 0 spiro atoms. The molecule has 0 heterocycles. The smallest absolute Gasteiger partial charge is 0.748 e. The van der Waals surface area contributed by atoms with Crippen molar-refractivity contribution >= 4 is 45.8 Å². The molecule has 0 rings (SSSR count). The summed E-state index contributed by atoms with van der Waals surface area (Å²) in [4.78, 5) is 0. The Hall–Kier alpha value is 1.26. The van der Waals surface area contributed by atoms with Gasteiger partial charge in [-0.25, -0.2) is 12.0 Å². The molecular weight excluding hydrogens is 307 g/mol. The monoisotopic (exact) mass is 318 g/mol. The summed E-state index contributed by atoms with van der Waals surface area (Å²) in [6.45, 7) is 3.20. The van der Waals surface area contributed by atoms with Crippen molar-refractivity contribution in [2.75, 3.05) is 17.3 Å². The van der Waals surface area contributed by atoms with Gasteiger partial charge in [0.15, 0.2) is 0 Å². The summed E-state index contributed by atoms with van der Waals surface area (Å²) < 4.78 is 53.1. The average Bonchev–Trinajstić information content (AvgIpc) is 2.03. The van der Waals surface area contributed by atoms with Crippen molar-refractivity contribution in [3.63, 3.8) is 0 Å². The molecule has 0 aliphatic rings. The quantitative estimate of drug-likeness (QED) is 0.182. The van der Waals surface area contributed by atoms with Crippen LogP contribution in [0.4, 0.5) is 0 Å². The predicted molar refractivity (Wildman–Crippen MR) is 62.5 cm³/mol. The van der Waals surface area contributed by atoms with Crippen LogP contribution in [0.2, 0.25) is 0 Å². The van der Waals surface area contributed by atoms with E-state index in [0.29, 0.717) is 0 Å². The van der Waals surface area contributed by atoms with Crippen molar-refractivity contribution < 1.29 is 54.6 Å². The Balaban J connectivity index is -0.000000200. The molecular formula is C5H11NaO6S4. The summed E-state index contributed by atoms with van der Waals surface area (Å²) in [5.41, 5.74) is 0. The Kier molecular flexibility index (Phi) is 15.9.